The lowest BCUT2D eigenvalue weighted by molar-refractivity contribution is 0.699. The van der Waals surface area contributed by atoms with Gasteiger partial charge in [-0.3, -0.25) is 0 Å². The summed E-state index contributed by atoms with van der Waals surface area (Å²) in [6.45, 7) is 4.37. The number of hydrogen-bond acceptors (Lipinski definition) is 2. The Morgan fingerprint density at radius 2 is 2.00 bits per heavy atom. The van der Waals surface area contributed by atoms with Crippen LogP contribution in [0.5, 0.6) is 0 Å². The fourth-order valence-corrected chi connectivity index (χ4v) is 1.61. The van der Waals surface area contributed by atoms with Crippen molar-refractivity contribution in [1.82, 2.24) is 10.2 Å². The van der Waals surface area contributed by atoms with E-state index in [-0.39, 0.29) is 24.0 Å². The number of aromatic nitrogens is 2. The van der Waals surface area contributed by atoms with E-state index in [9.17, 15) is 0 Å². The van der Waals surface area contributed by atoms with Crippen molar-refractivity contribution in [3.63, 3.8) is 0 Å². The van der Waals surface area contributed by atoms with Gasteiger partial charge < -0.3 is 0 Å². The van der Waals surface area contributed by atoms with Crippen LogP contribution in [0.1, 0.15) is 31.9 Å². The third-order valence-electron chi connectivity index (χ3n) is 2.68. The topological polar surface area (TPSA) is 25.8 Å². The Balaban J connectivity index is 0.00000112. The highest BCUT2D eigenvalue weighted by Gasteiger charge is 2.08. The Kier molecular flexibility index (Phi) is 4.45. The molecule has 0 aliphatic rings. The number of rotatable bonds is 2. The summed E-state index contributed by atoms with van der Waals surface area (Å²) < 4.78 is 0. The van der Waals surface area contributed by atoms with Gasteiger partial charge in [0.1, 0.15) is 0 Å². The van der Waals surface area contributed by atoms with Gasteiger partial charge in [0.2, 0.25) is 0 Å². The van der Waals surface area contributed by atoms with Gasteiger partial charge in [-0.25, -0.2) is 0 Å². The van der Waals surface area contributed by atoms with Gasteiger partial charge in [-0.1, -0.05) is 38.1 Å². The Bertz CT molecular complexity index is 437. The zero-order chi connectivity index (χ0) is 9.97. The maximum atomic E-state index is 4.23. The summed E-state index contributed by atoms with van der Waals surface area (Å²) in [5.74, 6) is 0.480. The van der Waals surface area contributed by atoms with Crippen LogP contribution in [-0.4, -0.2) is 10.2 Å². The van der Waals surface area contributed by atoms with Crippen molar-refractivity contribution >= 4 is 34.7 Å². The maximum Gasteiger partial charge on any atom is 0.0737 e. The van der Waals surface area contributed by atoms with E-state index in [0.29, 0.717) is 5.92 Å². The van der Waals surface area contributed by atoms with Gasteiger partial charge in [-0.2, -0.15) is 10.2 Å². The first-order valence-electron chi connectivity index (χ1n) is 5.03. The molecule has 15 heavy (non-hydrogen) atoms. The molecular formula is C12H15IN2. The molecule has 0 saturated carbocycles. The molecule has 0 N–H and O–H groups in total. The lowest BCUT2D eigenvalue weighted by Gasteiger charge is -2.09. The molecule has 2 nitrogen and oxygen atoms in total. The van der Waals surface area contributed by atoms with Crippen LogP contribution in [0.3, 0.4) is 0 Å². The number of benzene rings is 1. The first-order chi connectivity index (χ1) is 6.83. The van der Waals surface area contributed by atoms with Crippen LogP contribution in [0, 0.1) is 0 Å². The van der Waals surface area contributed by atoms with E-state index in [1.807, 2.05) is 12.3 Å². The summed E-state index contributed by atoms with van der Waals surface area (Å²) in [4.78, 5) is 0. The van der Waals surface area contributed by atoms with E-state index in [4.69, 9.17) is 0 Å². The summed E-state index contributed by atoms with van der Waals surface area (Å²) in [6.07, 6.45) is 2.92. The lowest BCUT2D eigenvalue weighted by atomic mass is 10.00. The summed E-state index contributed by atoms with van der Waals surface area (Å²) in [5.41, 5.74) is 1.12. The van der Waals surface area contributed by atoms with Crippen LogP contribution in [-0.2, 0) is 0 Å². The molecule has 1 aromatic carbocycles. The fraction of sp³-hybridized carbons (Fsp3) is 0.333. The van der Waals surface area contributed by atoms with Crippen molar-refractivity contribution in [2.45, 2.75) is 26.2 Å². The van der Waals surface area contributed by atoms with Gasteiger partial charge in [0.25, 0.3) is 0 Å². The van der Waals surface area contributed by atoms with Crippen molar-refractivity contribution in [3.8, 4) is 0 Å². The molecule has 0 aliphatic heterocycles. The second kappa shape index (κ2) is 5.39. The van der Waals surface area contributed by atoms with E-state index in [1.54, 1.807) is 0 Å². The van der Waals surface area contributed by atoms with Gasteiger partial charge in [-0.05, 0) is 6.42 Å². The number of fused-ring (bicyclic) bond motifs is 1. The molecule has 0 spiro atoms. The Hall–Kier alpha value is -0.710. The molecule has 3 heteroatoms. The van der Waals surface area contributed by atoms with E-state index in [2.05, 4.69) is 42.2 Å². The second-order valence-electron chi connectivity index (χ2n) is 3.63. The van der Waals surface area contributed by atoms with Crippen molar-refractivity contribution < 1.29 is 0 Å². The molecule has 0 saturated heterocycles. The predicted octanol–water partition coefficient (Wildman–Crippen LogP) is 3.76. The van der Waals surface area contributed by atoms with Gasteiger partial charge in [-0.15, -0.1) is 24.0 Å². The third kappa shape index (κ3) is 2.45. The molecule has 0 aliphatic carbocycles. The van der Waals surface area contributed by atoms with Gasteiger partial charge in [0.15, 0.2) is 0 Å². The molecule has 0 amide bonds. The van der Waals surface area contributed by atoms with Crippen molar-refractivity contribution in [2.75, 3.05) is 0 Å². The van der Waals surface area contributed by atoms with E-state index >= 15 is 0 Å². The Morgan fingerprint density at radius 1 is 1.27 bits per heavy atom. The van der Waals surface area contributed by atoms with Crippen LogP contribution in [0.2, 0.25) is 0 Å². The third-order valence-corrected chi connectivity index (χ3v) is 2.68. The van der Waals surface area contributed by atoms with Crippen molar-refractivity contribution in [1.29, 1.82) is 0 Å². The molecule has 1 unspecified atom stereocenters. The summed E-state index contributed by atoms with van der Waals surface area (Å²) in [7, 11) is 0. The molecule has 2 rings (SSSR count). The number of hydrogen-bond donors (Lipinski definition) is 0. The van der Waals surface area contributed by atoms with Crippen LogP contribution >= 0.6 is 24.0 Å². The zero-order valence-corrected chi connectivity index (χ0v) is 11.3. The van der Waals surface area contributed by atoms with Crippen LogP contribution in [0.15, 0.2) is 30.5 Å². The van der Waals surface area contributed by atoms with Gasteiger partial charge in [0, 0.05) is 16.7 Å². The lowest BCUT2D eigenvalue weighted by Crippen LogP contribution is -1.98. The molecular weight excluding hydrogens is 299 g/mol. The smallest absolute Gasteiger partial charge is 0.0737 e. The fourth-order valence-electron chi connectivity index (χ4n) is 1.61. The zero-order valence-electron chi connectivity index (χ0n) is 8.97. The maximum absolute atomic E-state index is 4.23. The van der Waals surface area contributed by atoms with Crippen LogP contribution < -0.4 is 0 Å². The molecule has 0 fully saturated rings. The van der Waals surface area contributed by atoms with E-state index in [0.717, 1.165) is 12.1 Å². The van der Waals surface area contributed by atoms with Crippen molar-refractivity contribution in [2.24, 2.45) is 0 Å². The highest BCUT2D eigenvalue weighted by atomic mass is 127. The SMILES string of the molecule is CCC(C)c1nncc2ccccc12.I. The summed E-state index contributed by atoms with van der Waals surface area (Å²) in [5, 5.41) is 10.7. The molecule has 1 heterocycles. The molecule has 1 atom stereocenters. The Morgan fingerprint density at radius 3 is 2.73 bits per heavy atom. The number of nitrogens with zero attached hydrogens (tertiary/aromatic N) is 2. The number of halogens is 1. The second-order valence-corrected chi connectivity index (χ2v) is 3.63. The summed E-state index contributed by atoms with van der Waals surface area (Å²) in [6, 6.07) is 8.28. The Labute approximate surface area is 107 Å². The normalized spacial score (nSPS) is 12.1. The quantitative estimate of drug-likeness (QED) is 0.789. The van der Waals surface area contributed by atoms with Crippen LogP contribution in [0.25, 0.3) is 10.8 Å². The van der Waals surface area contributed by atoms with Crippen LogP contribution in [0.4, 0.5) is 0 Å². The molecule has 2 aromatic rings. The largest absolute Gasteiger partial charge is 0.158 e. The first kappa shape index (κ1) is 12.4. The minimum atomic E-state index is 0. The highest BCUT2D eigenvalue weighted by molar-refractivity contribution is 14.0. The van der Waals surface area contributed by atoms with Gasteiger partial charge in [0.05, 0.1) is 11.9 Å². The van der Waals surface area contributed by atoms with E-state index in [1.165, 1.54) is 10.8 Å². The monoisotopic (exact) mass is 314 g/mol. The minimum Gasteiger partial charge on any atom is -0.158 e. The molecule has 0 radical (unpaired) electrons. The van der Waals surface area contributed by atoms with E-state index < -0.39 is 0 Å². The highest BCUT2D eigenvalue weighted by Crippen LogP contribution is 2.23. The standard InChI is InChI=1S/C12H14N2.HI/c1-3-9(2)12-11-7-5-4-6-10(11)8-13-14-12;/h4-9H,3H2,1-2H3;1H. The molecule has 80 valence electrons. The molecule has 1 aromatic heterocycles. The average molecular weight is 314 g/mol. The van der Waals surface area contributed by atoms with Gasteiger partial charge >= 0.3 is 0 Å². The minimum absolute atomic E-state index is 0. The average Bonchev–Trinajstić information content (AvgIpc) is 2.27. The summed E-state index contributed by atoms with van der Waals surface area (Å²) >= 11 is 0. The predicted molar refractivity (Wildman–Crippen MR) is 73.7 cm³/mol. The molecule has 0 bridgehead atoms. The van der Waals surface area contributed by atoms with Crippen molar-refractivity contribution in [3.05, 3.63) is 36.2 Å². The first-order valence-corrected chi connectivity index (χ1v) is 5.03.